The van der Waals surface area contributed by atoms with Crippen LogP contribution in [-0.2, 0) is 0 Å². The van der Waals surface area contributed by atoms with Crippen LogP contribution >= 0.6 is 0 Å². The van der Waals surface area contributed by atoms with Crippen LogP contribution in [0.25, 0.3) is 0 Å². The Morgan fingerprint density at radius 2 is 2.08 bits per heavy atom. The maximum Gasteiger partial charge on any atom is 0.107 e. The molecule has 1 atom stereocenters. The molecule has 0 amide bonds. The number of rotatable bonds is 4. The van der Waals surface area contributed by atoms with Crippen molar-refractivity contribution < 1.29 is 5.11 Å². The molecule has 1 rings (SSSR count). The van der Waals surface area contributed by atoms with E-state index < -0.39 is 0 Å². The van der Waals surface area contributed by atoms with Crippen molar-refractivity contribution in [1.82, 2.24) is 10.2 Å². The van der Waals surface area contributed by atoms with E-state index >= 15 is 0 Å². The van der Waals surface area contributed by atoms with Crippen LogP contribution in [0.15, 0.2) is 0 Å². The number of piperazine rings is 1. The van der Waals surface area contributed by atoms with Crippen LogP contribution in [0.3, 0.4) is 0 Å². The van der Waals surface area contributed by atoms with Crippen LogP contribution in [0.5, 0.6) is 0 Å². The van der Waals surface area contributed by atoms with Gasteiger partial charge in [-0.3, -0.25) is 4.90 Å². The van der Waals surface area contributed by atoms with Gasteiger partial charge in [-0.25, -0.2) is 5.32 Å². The predicted octanol–water partition coefficient (Wildman–Crippen LogP) is 0.415. The minimum atomic E-state index is -0.222. The van der Waals surface area contributed by atoms with Gasteiger partial charge in [0.1, 0.15) is 6.23 Å². The van der Waals surface area contributed by atoms with E-state index in [4.69, 9.17) is 0 Å². The molecule has 0 aromatic rings. The van der Waals surface area contributed by atoms with Crippen molar-refractivity contribution in [2.24, 2.45) is 0 Å². The van der Waals surface area contributed by atoms with E-state index in [0.717, 1.165) is 45.4 Å². The molecule has 71 valence electrons. The molecular weight excluding hydrogens is 152 g/mol. The van der Waals surface area contributed by atoms with Crippen molar-refractivity contribution >= 4 is 0 Å². The summed E-state index contributed by atoms with van der Waals surface area (Å²) in [6, 6.07) is 0. The summed E-state index contributed by atoms with van der Waals surface area (Å²) in [5.74, 6) is 0. The molecule has 1 saturated heterocycles. The second-order valence-electron chi connectivity index (χ2n) is 3.33. The fourth-order valence-corrected chi connectivity index (χ4v) is 1.49. The first-order valence-corrected chi connectivity index (χ1v) is 4.90. The third-order valence-electron chi connectivity index (χ3n) is 2.33. The molecule has 0 spiro atoms. The van der Waals surface area contributed by atoms with Crippen LogP contribution in [0.2, 0.25) is 0 Å². The minimum absolute atomic E-state index is 0.222. The largest absolute Gasteiger partial charge is 0.378 e. The second-order valence-corrected chi connectivity index (χ2v) is 3.33. The van der Waals surface area contributed by atoms with E-state index in [-0.39, 0.29) is 6.23 Å². The van der Waals surface area contributed by atoms with Gasteiger partial charge < -0.3 is 5.11 Å². The Hall–Kier alpha value is -0.120. The summed E-state index contributed by atoms with van der Waals surface area (Å²) in [6.07, 6.45) is 2.97. The zero-order chi connectivity index (χ0) is 8.81. The van der Waals surface area contributed by atoms with Gasteiger partial charge in [-0.1, -0.05) is 13.3 Å². The minimum Gasteiger partial charge on any atom is -0.378 e. The van der Waals surface area contributed by atoms with Crippen LogP contribution in [-0.4, -0.2) is 42.4 Å². The molecule has 0 saturated carbocycles. The van der Waals surface area contributed by atoms with Crippen LogP contribution < -0.4 is 5.32 Å². The molecule has 1 aliphatic heterocycles. The van der Waals surface area contributed by atoms with Crippen molar-refractivity contribution in [3.63, 3.8) is 0 Å². The van der Waals surface area contributed by atoms with Gasteiger partial charge in [0.2, 0.25) is 0 Å². The fraction of sp³-hybridized carbons (Fsp3) is 1.00. The second kappa shape index (κ2) is 5.51. The number of unbranched alkanes of at least 4 members (excludes halogenated alkanes) is 1. The van der Waals surface area contributed by atoms with Gasteiger partial charge in [-0.15, -0.1) is 0 Å². The summed E-state index contributed by atoms with van der Waals surface area (Å²) in [7, 11) is 0. The zero-order valence-corrected chi connectivity index (χ0v) is 7.87. The highest BCUT2D eigenvalue weighted by molar-refractivity contribution is 4.69. The molecule has 1 N–H and O–H groups in total. The topological polar surface area (TPSA) is 37.6 Å². The third kappa shape index (κ3) is 3.09. The van der Waals surface area contributed by atoms with E-state index in [0.29, 0.717) is 0 Å². The Balaban J connectivity index is 2.15. The van der Waals surface area contributed by atoms with Crippen LogP contribution in [0, 0.1) is 0 Å². The summed E-state index contributed by atoms with van der Waals surface area (Å²) >= 11 is 0. The summed E-state index contributed by atoms with van der Waals surface area (Å²) in [5, 5.41) is 13.9. The van der Waals surface area contributed by atoms with E-state index in [9.17, 15) is 5.11 Å². The Kier molecular flexibility index (Phi) is 4.58. The number of nitrogens with zero attached hydrogens (tertiary/aromatic N) is 2. The average Bonchev–Trinajstić information content (AvgIpc) is 2.15. The lowest BCUT2D eigenvalue weighted by Gasteiger charge is -2.30. The highest BCUT2D eigenvalue weighted by Gasteiger charge is 2.17. The van der Waals surface area contributed by atoms with Gasteiger partial charge in [-0.2, -0.15) is 0 Å². The van der Waals surface area contributed by atoms with Crippen LogP contribution in [0.1, 0.15) is 26.2 Å². The normalized spacial score (nSPS) is 22.5. The highest BCUT2D eigenvalue weighted by atomic mass is 16.3. The highest BCUT2D eigenvalue weighted by Crippen LogP contribution is 2.06. The van der Waals surface area contributed by atoms with Crippen molar-refractivity contribution in [2.45, 2.75) is 32.4 Å². The summed E-state index contributed by atoms with van der Waals surface area (Å²) in [5.41, 5.74) is 0. The molecular formula is C9H19N2O. The molecule has 1 radical (unpaired) electrons. The van der Waals surface area contributed by atoms with E-state index in [2.05, 4.69) is 17.1 Å². The molecule has 3 nitrogen and oxygen atoms in total. The Morgan fingerprint density at radius 1 is 1.42 bits per heavy atom. The number of aliphatic hydroxyl groups is 1. The van der Waals surface area contributed by atoms with Gasteiger partial charge in [0.05, 0.1) is 0 Å². The number of aliphatic hydroxyl groups excluding tert-OH is 1. The Morgan fingerprint density at radius 3 is 2.67 bits per heavy atom. The quantitative estimate of drug-likeness (QED) is 0.665. The lowest BCUT2D eigenvalue weighted by molar-refractivity contribution is -0.0109. The van der Waals surface area contributed by atoms with Gasteiger partial charge in [0, 0.05) is 26.2 Å². The molecule has 3 heteroatoms. The van der Waals surface area contributed by atoms with E-state index in [1.54, 1.807) is 0 Å². The van der Waals surface area contributed by atoms with Crippen molar-refractivity contribution in [3.8, 4) is 0 Å². The molecule has 0 bridgehead atoms. The van der Waals surface area contributed by atoms with E-state index in [1.807, 2.05) is 0 Å². The molecule has 0 aromatic carbocycles. The molecule has 1 aliphatic rings. The van der Waals surface area contributed by atoms with Gasteiger partial charge in [-0.05, 0) is 12.8 Å². The molecule has 0 aliphatic carbocycles. The maximum atomic E-state index is 9.69. The number of hydrogen-bond donors (Lipinski definition) is 1. The first-order valence-electron chi connectivity index (χ1n) is 4.90. The molecule has 1 heterocycles. The fourth-order valence-electron chi connectivity index (χ4n) is 1.49. The van der Waals surface area contributed by atoms with Crippen molar-refractivity contribution in [3.05, 3.63) is 0 Å². The lowest BCUT2D eigenvalue weighted by atomic mass is 10.2. The van der Waals surface area contributed by atoms with Gasteiger partial charge in [0.25, 0.3) is 0 Å². The smallest absolute Gasteiger partial charge is 0.107 e. The first-order chi connectivity index (χ1) is 5.84. The molecule has 0 aromatic heterocycles. The summed E-state index contributed by atoms with van der Waals surface area (Å²) < 4.78 is 0. The zero-order valence-electron chi connectivity index (χ0n) is 7.87. The van der Waals surface area contributed by atoms with Gasteiger partial charge >= 0.3 is 0 Å². The third-order valence-corrected chi connectivity index (χ3v) is 2.33. The SMILES string of the molecule is CCCCC(O)N1CC[N]CC1. The summed E-state index contributed by atoms with van der Waals surface area (Å²) in [4.78, 5) is 2.13. The predicted molar refractivity (Wildman–Crippen MR) is 49.0 cm³/mol. The monoisotopic (exact) mass is 171 g/mol. The van der Waals surface area contributed by atoms with Gasteiger partial charge in [0.15, 0.2) is 0 Å². The Labute approximate surface area is 74.8 Å². The molecule has 12 heavy (non-hydrogen) atoms. The van der Waals surface area contributed by atoms with Crippen molar-refractivity contribution in [2.75, 3.05) is 26.2 Å². The first kappa shape index (κ1) is 9.96. The maximum absolute atomic E-state index is 9.69. The Bertz CT molecular complexity index is 113. The lowest BCUT2D eigenvalue weighted by Crippen LogP contribution is -2.46. The molecule has 1 unspecified atom stereocenters. The number of hydrogen-bond acceptors (Lipinski definition) is 2. The van der Waals surface area contributed by atoms with Crippen molar-refractivity contribution in [1.29, 1.82) is 0 Å². The van der Waals surface area contributed by atoms with E-state index in [1.165, 1.54) is 0 Å². The standard InChI is InChI=1S/C9H19N2O/c1-2-3-4-9(12)11-7-5-10-6-8-11/h9,12H,2-8H2,1H3. The molecule has 1 fully saturated rings. The van der Waals surface area contributed by atoms with Crippen LogP contribution in [0.4, 0.5) is 0 Å². The summed E-state index contributed by atoms with van der Waals surface area (Å²) in [6.45, 7) is 5.81. The average molecular weight is 171 g/mol.